The maximum atomic E-state index is 13.2. The second-order valence-corrected chi connectivity index (χ2v) is 9.90. The van der Waals surface area contributed by atoms with Gasteiger partial charge in [-0.3, -0.25) is 9.69 Å². The highest BCUT2D eigenvalue weighted by Crippen LogP contribution is 2.35. The van der Waals surface area contributed by atoms with Gasteiger partial charge in [0.1, 0.15) is 4.32 Å². The number of aromatic nitrogens is 2. The third-order valence-corrected chi connectivity index (χ3v) is 7.14. The minimum Gasteiger partial charge on any atom is -0.293 e. The topological polar surface area (TPSA) is 38.1 Å². The number of thioether (sulfide) groups is 1. The van der Waals surface area contributed by atoms with Gasteiger partial charge in [0.15, 0.2) is 0 Å². The number of hydrogen-bond donors (Lipinski definition) is 0. The fraction of sp³-hybridized carbons (Fsp3) is 0.0741. The number of thiocarbonyl (C=S) groups is 1. The van der Waals surface area contributed by atoms with Gasteiger partial charge in [-0.15, -0.1) is 0 Å². The fourth-order valence-corrected chi connectivity index (χ4v) is 5.18. The zero-order chi connectivity index (χ0) is 23.5. The number of hydrogen-bond acceptors (Lipinski definition) is 4. The lowest BCUT2D eigenvalue weighted by Crippen LogP contribution is -2.30. The first-order valence-corrected chi connectivity index (χ1v) is 12.4. The summed E-state index contributed by atoms with van der Waals surface area (Å²) >= 11 is 13.0. The van der Waals surface area contributed by atoms with Gasteiger partial charge in [-0.2, -0.15) is 5.10 Å². The summed E-state index contributed by atoms with van der Waals surface area (Å²) in [5.41, 5.74) is 4.65. The van der Waals surface area contributed by atoms with Crippen LogP contribution in [0.3, 0.4) is 0 Å². The van der Waals surface area contributed by atoms with Crippen molar-refractivity contribution in [1.82, 2.24) is 14.7 Å². The lowest BCUT2D eigenvalue weighted by molar-refractivity contribution is -0.122. The number of carbonyl (C=O) groups excluding carboxylic acids is 1. The van der Waals surface area contributed by atoms with E-state index < -0.39 is 0 Å². The molecule has 0 spiro atoms. The van der Waals surface area contributed by atoms with E-state index in [-0.39, 0.29) is 5.91 Å². The molecule has 1 aliphatic rings. The molecule has 0 saturated carbocycles. The Hall–Kier alpha value is -3.19. The van der Waals surface area contributed by atoms with Crippen molar-refractivity contribution in [3.63, 3.8) is 0 Å². The molecule has 168 valence electrons. The van der Waals surface area contributed by atoms with E-state index >= 15 is 0 Å². The van der Waals surface area contributed by atoms with Crippen LogP contribution < -0.4 is 0 Å². The molecule has 0 bridgehead atoms. The van der Waals surface area contributed by atoms with E-state index in [0.29, 0.717) is 20.8 Å². The molecule has 5 rings (SSSR count). The van der Waals surface area contributed by atoms with Crippen molar-refractivity contribution in [2.75, 3.05) is 6.54 Å². The Balaban J connectivity index is 1.47. The van der Waals surface area contributed by atoms with Gasteiger partial charge in [-0.05, 0) is 42.3 Å². The molecule has 1 aromatic heterocycles. The molecule has 7 heteroatoms. The Labute approximate surface area is 212 Å². The summed E-state index contributed by atoms with van der Waals surface area (Å²) in [5.74, 6) is -0.0690. The van der Waals surface area contributed by atoms with Crippen LogP contribution in [0.25, 0.3) is 23.0 Å². The highest BCUT2D eigenvalue weighted by atomic mass is 35.5. The van der Waals surface area contributed by atoms with Crippen LogP contribution in [0.4, 0.5) is 0 Å². The summed E-state index contributed by atoms with van der Waals surface area (Å²) < 4.78 is 2.40. The predicted octanol–water partition coefficient (Wildman–Crippen LogP) is 6.64. The monoisotopic (exact) mass is 501 g/mol. The summed E-state index contributed by atoms with van der Waals surface area (Å²) in [6.07, 6.45) is 4.58. The Morgan fingerprint density at radius 3 is 2.32 bits per heavy atom. The summed E-state index contributed by atoms with van der Waals surface area (Å²) in [6.45, 7) is 0.555. The van der Waals surface area contributed by atoms with E-state index in [2.05, 4.69) is 12.1 Å². The summed E-state index contributed by atoms with van der Waals surface area (Å²) in [4.78, 5) is 15.5. The number of nitrogens with zero attached hydrogens (tertiary/aromatic N) is 3. The average Bonchev–Trinajstić information content (AvgIpc) is 3.40. The van der Waals surface area contributed by atoms with E-state index in [1.54, 1.807) is 4.90 Å². The Morgan fingerprint density at radius 2 is 1.62 bits per heavy atom. The highest BCUT2D eigenvalue weighted by Gasteiger charge is 2.32. The third kappa shape index (κ3) is 4.85. The Bertz CT molecular complexity index is 1370. The zero-order valence-electron chi connectivity index (χ0n) is 18.1. The number of carbonyl (C=O) groups is 1. The van der Waals surface area contributed by atoms with Crippen molar-refractivity contribution in [2.24, 2.45) is 0 Å². The molecule has 3 aromatic carbocycles. The van der Waals surface area contributed by atoms with E-state index in [0.717, 1.165) is 28.9 Å². The fourth-order valence-electron chi connectivity index (χ4n) is 3.76. The lowest BCUT2D eigenvalue weighted by atomic mass is 10.1. The molecular weight excluding hydrogens is 482 g/mol. The van der Waals surface area contributed by atoms with Gasteiger partial charge in [0, 0.05) is 28.9 Å². The quantitative estimate of drug-likeness (QED) is 0.219. The molecule has 1 aliphatic heterocycles. The van der Waals surface area contributed by atoms with Crippen LogP contribution >= 0.6 is 35.6 Å². The van der Waals surface area contributed by atoms with Crippen LogP contribution in [0.15, 0.2) is 96.0 Å². The van der Waals surface area contributed by atoms with E-state index in [1.807, 2.05) is 89.8 Å². The second kappa shape index (κ2) is 9.97. The maximum absolute atomic E-state index is 13.2. The second-order valence-electron chi connectivity index (χ2n) is 7.79. The van der Waals surface area contributed by atoms with Crippen molar-refractivity contribution in [3.05, 3.63) is 112 Å². The molecule has 2 heterocycles. The van der Waals surface area contributed by atoms with Crippen LogP contribution in [0, 0.1) is 0 Å². The first kappa shape index (κ1) is 22.6. The van der Waals surface area contributed by atoms with Gasteiger partial charge in [0.05, 0.1) is 16.3 Å². The molecular formula is C27H20ClN3OS2. The number of amides is 1. The Morgan fingerprint density at radius 1 is 0.941 bits per heavy atom. The summed E-state index contributed by atoms with van der Waals surface area (Å²) in [7, 11) is 0. The standard InChI is InChI=1S/C27H20ClN3OS2/c28-22-13-11-20(12-14-22)25-21(18-31(29-25)23-9-5-2-6-10-23)17-24-26(32)30(27(33)34-24)16-15-19-7-3-1-4-8-19/h1-14,17-18H,15-16H2. The van der Waals surface area contributed by atoms with Gasteiger partial charge in [-0.1, -0.05) is 96.2 Å². The molecule has 0 unspecified atom stereocenters. The van der Waals surface area contributed by atoms with Crippen LogP contribution in [-0.2, 0) is 11.2 Å². The van der Waals surface area contributed by atoms with Crippen LogP contribution in [0.2, 0.25) is 5.02 Å². The molecule has 0 radical (unpaired) electrons. The van der Waals surface area contributed by atoms with Crippen LogP contribution in [-0.4, -0.2) is 31.5 Å². The maximum Gasteiger partial charge on any atom is 0.266 e. The minimum absolute atomic E-state index is 0.0690. The largest absolute Gasteiger partial charge is 0.293 e. The van der Waals surface area contributed by atoms with Gasteiger partial charge < -0.3 is 0 Å². The first-order chi connectivity index (χ1) is 16.6. The normalized spacial score (nSPS) is 14.9. The minimum atomic E-state index is -0.0690. The SMILES string of the molecule is O=C1C(=Cc2cn(-c3ccccc3)nc2-c2ccc(Cl)cc2)SC(=S)N1CCc1ccccc1. The van der Waals surface area contributed by atoms with E-state index in [4.69, 9.17) is 28.9 Å². The van der Waals surface area contributed by atoms with Crippen molar-refractivity contribution >= 4 is 51.9 Å². The molecule has 4 nitrogen and oxygen atoms in total. The number of para-hydroxylation sites is 1. The average molecular weight is 502 g/mol. The molecule has 0 atom stereocenters. The van der Waals surface area contributed by atoms with Crippen molar-refractivity contribution in [2.45, 2.75) is 6.42 Å². The van der Waals surface area contributed by atoms with Gasteiger partial charge in [0.25, 0.3) is 5.91 Å². The predicted molar refractivity (Wildman–Crippen MR) is 144 cm³/mol. The van der Waals surface area contributed by atoms with Gasteiger partial charge >= 0.3 is 0 Å². The number of rotatable bonds is 6. The van der Waals surface area contributed by atoms with Crippen molar-refractivity contribution in [1.29, 1.82) is 0 Å². The highest BCUT2D eigenvalue weighted by molar-refractivity contribution is 8.26. The first-order valence-electron chi connectivity index (χ1n) is 10.8. The number of benzene rings is 3. The zero-order valence-corrected chi connectivity index (χ0v) is 20.5. The molecule has 34 heavy (non-hydrogen) atoms. The van der Waals surface area contributed by atoms with Gasteiger partial charge in [-0.25, -0.2) is 4.68 Å². The van der Waals surface area contributed by atoms with Gasteiger partial charge in [0.2, 0.25) is 0 Å². The summed E-state index contributed by atoms with van der Waals surface area (Å²) in [5, 5.41) is 5.48. The third-order valence-electron chi connectivity index (χ3n) is 5.51. The molecule has 0 aliphatic carbocycles. The van der Waals surface area contributed by atoms with Crippen molar-refractivity contribution < 1.29 is 4.79 Å². The molecule has 1 fully saturated rings. The van der Waals surface area contributed by atoms with Crippen LogP contribution in [0.1, 0.15) is 11.1 Å². The molecule has 4 aromatic rings. The smallest absolute Gasteiger partial charge is 0.266 e. The van der Waals surface area contributed by atoms with Crippen LogP contribution in [0.5, 0.6) is 0 Å². The van der Waals surface area contributed by atoms with E-state index in [9.17, 15) is 4.79 Å². The number of halogens is 1. The van der Waals surface area contributed by atoms with E-state index in [1.165, 1.54) is 17.3 Å². The van der Waals surface area contributed by atoms with Crippen molar-refractivity contribution in [3.8, 4) is 16.9 Å². The molecule has 1 saturated heterocycles. The lowest BCUT2D eigenvalue weighted by Gasteiger charge is -2.14. The molecule has 1 amide bonds. The summed E-state index contributed by atoms with van der Waals surface area (Å²) in [6, 6.07) is 27.5. The Kier molecular flexibility index (Phi) is 6.63. The molecule has 0 N–H and O–H groups in total.